The third-order valence-electron chi connectivity index (χ3n) is 2.73. The number of carbonyl (C=O) groups excluding carboxylic acids is 1. The summed E-state index contributed by atoms with van der Waals surface area (Å²) in [6, 6.07) is 3.78. The number of aromatic nitrogens is 1. The summed E-state index contributed by atoms with van der Waals surface area (Å²) in [5.74, 6) is 0.131. The number of hydrogen-bond donors (Lipinski definition) is 1. The van der Waals surface area contributed by atoms with Crippen LogP contribution in [0.5, 0.6) is 0 Å². The minimum Gasteiger partial charge on any atom is -0.356 e. The summed E-state index contributed by atoms with van der Waals surface area (Å²) in [6.45, 7) is 4.05. The number of rotatable bonds is 2. The number of allylic oxidation sites excluding steroid dienone is 4. The Kier molecular flexibility index (Phi) is 2.58. The van der Waals surface area contributed by atoms with Crippen LogP contribution in [0.25, 0.3) is 0 Å². The van der Waals surface area contributed by atoms with Gasteiger partial charge in [0.1, 0.15) is 0 Å². The Morgan fingerprint density at radius 1 is 1.20 bits per heavy atom. The molecule has 2 rings (SSSR count). The predicted octanol–water partition coefficient (Wildman–Crippen LogP) is 3.17. The first-order valence-electron chi connectivity index (χ1n) is 5.23. The Morgan fingerprint density at radius 2 is 2.00 bits per heavy atom. The molecule has 0 bridgehead atoms. The lowest BCUT2D eigenvalue weighted by atomic mass is 9.95. The van der Waals surface area contributed by atoms with E-state index in [1.165, 1.54) is 5.57 Å². The van der Waals surface area contributed by atoms with Gasteiger partial charge in [-0.15, -0.1) is 0 Å². The van der Waals surface area contributed by atoms with Gasteiger partial charge in [-0.25, -0.2) is 0 Å². The van der Waals surface area contributed by atoms with Crippen LogP contribution in [0.4, 0.5) is 0 Å². The van der Waals surface area contributed by atoms with E-state index in [0.29, 0.717) is 5.69 Å². The maximum absolute atomic E-state index is 12.0. The third kappa shape index (κ3) is 2.09. The van der Waals surface area contributed by atoms with Gasteiger partial charge < -0.3 is 4.98 Å². The highest BCUT2D eigenvalue weighted by atomic mass is 16.1. The van der Waals surface area contributed by atoms with E-state index < -0.39 is 0 Å². The zero-order valence-electron chi connectivity index (χ0n) is 9.13. The highest BCUT2D eigenvalue weighted by Crippen LogP contribution is 2.20. The van der Waals surface area contributed by atoms with E-state index in [0.717, 1.165) is 24.1 Å². The second kappa shape index (κ2) is 3.89. The van der Waals surface area contributed by atoms with Gasteiger partial charge in [-0.1, -0.05) is 17.7 Å². The minimum absolute atomic E-state index is 0.131. The molecule has 1 N–H and O–H groups in total. The van der Waals surface area contributed by atoms with Crippen LogP contribution in [-0.4, -0.2) is 10.8 Å². The quantitative estimate of drug-likeness (QED) is 0.732. The van der Waals surface area contributed by atoms with Crippen molar-refractivity contribution in [3.63, 3.8) is 0 Å². The van der Waals surface area contributed by atoms with Gasteiger partial charge in [-0.2, -0.15) is 0 Å². The average molecular weight is 201 g/mol. The van der Waals surface area contributed by atoms with Gasteiger partial charge in [0.05, 0.1) is 5.69 Å². The summed E-state index contributed by atoms with van der Waals surface area (Å²) in [4.78, 5) is 15.1. The molecular weight excluding hydrogens is 186 g/mol. The summed E-state index contributed by atoms with van der Waals surface area (Å²) in [6.07, 6.45) is 5.83. The van der Waals surface area contributed by atoms with Crippen LogP contribution in [-0.2, 0) is 0 Å². The van der Waals surface area contributed by atoms with Gasteiger partial charge >= 0.3 is 0 Å². The molecule has 1 aliphatic carbocycles. The second-order valence-electron chi connectivity index (χ2n) is 4.09. The van der Waals surface area contributed by atoms with Crippen LogP contribution in [0.2, 0.25) is 0 Å². The predicted molar refractivity (Wildman–Crippen MR) is 60.9 cm³/mol. The normalized spacial score (nSPS) is 15.9. The lowest BCUT2D eigenvalue weighted by Crippen LogP contribution is -2.06. The number of Topliss-reactive ketones (excluding diaryl/α,β-unsaturated/α-hetero) is 1. The summed E-state index contributed by atoms with van der Waals surface area (Å²) in [5, 5.41) is 0. The minimum atomic E-state index is 0.131. The van der Waals surface area contributed by atoms with Crippen molar-refractivity contribution in [1.29, 1.82) is 0 Å². The van der Waals surface area contributed by atoms with E-state index >= 15 is 0 Å². The molecule has 0 fully saturated rings. The van der Waals surface area contributed by atoms with E-state index in [4.69, 9.17) is 0 Å². The summed E-state index contributed by atoms with van der Waals surface area (Å²) >= 11 is 0. The molecule has 0 spiro atoms. The zero-order chi connectivity index (χ0) is 10.8. The van der Waals surface area contributed by atoms with Crippen LogP contribution in [0.1, 0.15) is 35.9 Å². The first kappa shape index (κ1) is 9.97. The van der Waals surface area contributed by atoms with Crippen molar-refractivity contribution >= 4 is 5.78 Å². The van der Waals surface area contributed by atoms with Gasteiger partial charge in [0.15, 0.2) is 0 Å². The Balaban J connectivity index is 2.22. The van der Waals surface area contributed by atoms with E-state index in [1.807, 2.05) is 31.2 Å². The highest BCUT2D eigenvalue weighted by molar-refractivity contribution is 6.07. The van der Waals surface area contributed by atoms with E-state index in [-0.39, 0.29) is 5.78 Å². The van der Waals surface area contributed by atoms with Crippen molar-refractivity contribution in [2.24, 2.45) is 0 Å². The lowest BCUT2D eigenvalue weighted by molar-refractivity contribution is 0.102. The Labute approximate surface area is 89.7 Å². The van der Waals surface area contributed by atoms with Crippen LogP contribution < -0.4 is 0 Å². The molecule has 0 saturated carbocycles. The Bertz CT molecular complexity index is 449. The van der Waals surface area contributed by atoms with Crippen molar-refractivity contribution in [3.05, 3.63) is 46.8 Å². The number of nitrogens with one attached hydrogen (secondary N) is 1. The van der Waals surface area contributed by atoms with Crippen molar-refractivity contribution in [2.45, 2.75) is 26.7 Å². The smallest absolute Gasteiger partial charge is 0.205 e. The van der Waals surface area contributed by atoms with Gasteiger partial charge in [-0.05, 0) is 38.8 Å². The summed E-state index contributed by atoms with van der Waals surface area (Å²) < 4.78 is 0. The van der Waals surface area contributed by atoms with E-state index in [9.17, 15) is 4.79 Å². The molecule has 1 aromatic heterocycles. The van der Waals surface area contributed by atoms with Crippen molar-refractivity contribution < 1.29 is 4.79 Å². The number of ketones is 1. The molecule has 1 aromatic rings. The molecule has 0 radical (unpaired) electrons. The molecule has 1 aliphatic rings. The molecular formula is C13H15NO. The molecule has 0 saturated heterocycles. The van der Waals surface area contributed by atoms with Crippen LogP contribution in [0.15, 0.2) is 35.4 Å². The van der Waals surface area contributed by atoms with Gasteiger partial charge in [0.2, 0.25) is 5.78 Å². The number of aryl methyl sites for hydroxylation is 1. The molecule has 2 heteroatoms. The highest BCUT2D eigenvalue weighted by Gasteiger charge is 2.14. The fourth-order valence-electron chi connectivity index (χ4n) is 1.74. The molecule has 15 heavy (non-hydrogen) atoms. The summed E-state index contributed by atoms with van der Waals surface area (Å²) in [5.41, 5.74) is 3.98. The second-order valence-corrected chi connectivity index (χ2v) is 4.09. The molecule has 0 atom stereocenters. The molecule has 2 nitrogen and oxygen atoms in total. The first-order valence-corrected chi connectivity index (χ1v) is 5.23. The maximum atomic E-state index is 12.0. The first-order chi connectivity index (χ1) is 7.16. The van der Waals surface area contributed by atoms with Crippen molar-refractivity contribution in [3.8, 4) is 0 Å². The molecule has 0 amide bonds. The molecule has 0 aromatic carbocycles. The molecule has 0 aliphatic heterocycles. The number of H-pyrrole nitrogens is 1. The van der Waals surface area contributed by atoms with E-state index in [2.05, 4.69) is 11.9 Å². The topological polar surface area (TPSA) is 32.9 Å². The monoisotopic (exact) mass is 201 g/mol. The average Bonchev–Trinajstić information content (AvgIpc) is 2.65. The fraction of sp³-hybridized carbons (Fsp3) is 0.308. The summed E-state index contributed by atoms with van der Waals surface area (Å²) in [7, 11) is 0. The fourth-order valence-corrected chi connectivity index (χ4v) is 1.74. The lowest BCUT2D eigenvalue weighted by Gasteiger charge is -2.09. The van der Waals surface area contributed by atoms with Gasteiger partial charge in [-0.3, -0.25) is 4.79 Å². The van der Waals surface area contributed by atoms with Gasteiger partial charge in [0.25, 0.3) is 0 Å². The number of aromatic amines is 1. The van der Waals surface area contributed by atoms with Crippen molar-refractivity contribution in [1.82, 2.24) is 4.98 Å². The standard InChI is InChI=1S/C13H15NO/c1-9-3-6-11(7-4-9)13(15)12-8-5-10(2)14-12/h3,5-6,8,14H,4,7H2,1-2H3. The molecule has 0 unspecified atom stereocenters. The van der Waals surface area contributed by atoms with E-state index in [1.54, 1.807) is 0 Å². The Morgan fingerprint density at radius 3 is 2.53 bits per heavy atom. The van der Waals surface area contributed by atoms with Crippen molar-refractivity contribution in [2.75, 3.05) is 0 Å². The van der Waals surface area contributed by atoms with Crippen LogP contribution >= 0.6 is 0 Å². The van der Waals surface area contributed by atoms with Crippen LogP contribution in [0, 0.1) is 6.92 Å². The van der Waals surface area contributed by atoms with Gasteiger partial charge in [0, 0.05) is 11.3 Å². The SMILES string of the molecule is CC1=CC=C(C(=O)c2ccc(C)[nH]2)CC1. The third-order valence-corrected chi connectivity index (χ3v) is 2.73. The number of carbonyl (C=O) groups is 1. The molecule has 1 heterocycles. The maximum Gasteiger partial charge on any atom is 0.205 e. The van der Waals surface area contributed by atoms with Crippen LogP contribution in [0.3, 0.4) is 0 Å². The number of hydrogen-bond acceptors (Lipinski definition) is 1. The zero-order valence-corrected chi connectivity index (χ0v) is 9.13. The molecule has 78 valence electrons. The Hall–Kier alpha value is -1.57. The largest absolute Gasteiger partial charge is 0.356 e.